The second kappa shape index (κ2) is 4.70. The molecule has 0 bridgehead atoms. The van der Waals surface area contributed by atoms with Crippen LogP contribution in [0.15, 0.2) is 30.3 Å². The summed E-state index contributed by atoms with van der Waals surface area (Å²) in [5.74, 6) is 0. The van der Waals surface area contributed by atoms with Crippen molar-refractivity contribution in [2.24, 2.45) is 5.73 Å². The first kappa shape index (κ1) is 13.6. The number of halogens is 3. The number of hydrogen-bond acceptors (Lipinski definition) is 2. The van der Waals surface area contributed by atoms with Crippen LogP contribution < -0.4 is 5.73 Å². The van der Waals surface area contributed by atoms with Crippen LogP contribution in [-0.4, -0.2) is 16.0 Å². The summed E-state index contributed by atoms with van der Waals surface area (Å²) in [5, 5.41) is 4.15. The molecule has 0 fully saturated rings. The van der Waals surface area contributed by atoms with E-state index in [9.17, 15) is 13.2 Å². The average Bonchev–Trinajstić information content (AvgIpc) is 2.64. The van der Waals surface area contributed by atoms with Crippen molar-refractivity contribution in [1.29, 1.82) is 0 Å². The Hall–Kier alpha value is -1.82. The van der Waals surface area contributed by atoms with E-state index in [0.717, 1.165) is 0 Å². The molecule has 0 unspecified atom stereocenters. The first-order chi connectivity index (χ1) is 8.82. The number of aryl methyl sites for hydroxylation is 1. The first-order valence-electron chi connectivity index (χ1n) is 5.76. The van der Waals surface area contributed by atoms with Gasteiger partial charge in [-0.1, -0.05) is 18.2 Å². The van der Waals surface area contributed by atoms with E-state index in [0.29, 0.717) is 17.1 Å². The molecule has 0 aliphatic heterocycles. The van der Waals surface area contributed by atoms with Crippen molar-refractivity contribution >= 4 is 0 Å². The fraction of sp³-hybridized carbons (Fsp3) is 0.308. The fourth-order valence-electron chi connectivity index (χ4n) is 2.09. The summed E-state index contributed by atoms with van der Waals surface area (Å²) in [5.41, 5.74) is 6.74. The summed E-state index contributed by atoms with van der Waals surface area (Å²) in [7, 11) is 0. The standard InChI is InChI=1S/C13H14F3N3/c1-8-11(12(17)13(14,15)16)9(2)19(18-8)10-6-4-3-5-7-10/h3-7,12H,17H2,1-2H3/t12-/m1/s1. The second-order valence-corrected chi connectivity index (χ2v) is 4.35. The molecule has 102 valence electrons. The largest absolute Gasteiger partial charge is 0.407 e. The van der Waals surface area contributed by atoms with Gasteiger partial charge in [0.2, 0.25) is 0 Å². The zero-order chi connectivity index (χ0) is 14.2. The van der Waals surface area contributed by atoms with Crippen LogP contribution in [0, 0.1) is 13.8 Å². The second-order valence-electron chi connectivity index (χ2n) is 4.35. The highest BCUT2D eigenvalue weighted by molar-refractivity contribution is 5.38. The maximum atomic E-state index is 12.7. The van der Waals surface area contributed by atoms with Crippen molar-refractivity contribution in [3.05, 3.63) is 47.3 Å². The van der Waals surface area contributed by atoms with Crippen LogP contribution in [0.3, 0.4) is 0 Å². The quantitative estimate of drug-likeness (QED) is 0.910. The topological polar surface area (TPSA) is 43.8 Å². The zero-order valence-corrected chi connectivity index (χ0v) is 10.6. The molecule has 6 heteroatoms. The third-order valence-corrected chi connectivity index (χ3v) is 3.01. The molecule has 0 amide bonds. The molecule has 1 aromatic heterocycles. The van der Waals surface area contributed by atoms with Crippen molar-refractivity contribution in [1.82, 2.24) is 9.78 Å². The highest BCUT2D eigenvalue weighted by Gasteiger charge is 2.40. The minimum Gasteiger partial charge on any atom is -0.316 e. The van der Waals surface area contributed by atoms with Crippen molar-refractivity contribution < 1.29 is 13.2 Å². The van der Waals surface area contributed by atoms with E-state index in [-0.39, 0.29) is 5.56 Å². The van der Waals surface area contributed by atoms with Crippen LogP contribution >= 0.6 is 0 Å². The molecule has 1 atom stereocenters. The Kier molecular flexibility index (Phi) is 3.36. The van der Waals surface area contributed by atoms with Gasteiger partial charge in [0.15, 0.2) is 0 Å². The van der Waals surface area contributed by atoms with E-state index >= 15 is 0 Å². The van der Waals surface area contributed by atoms with Gasteiger partial charge in [-0.3, -0.25) is 0 Å². The van der Waals surface area contributed by atoms with Gasteiger partial charge in [-0.05, 0) is 26.0 Å². The molecular weight excluding hydrogens is 255 g/mol. The SMILES string of the molecule is Cc1nn(-c2ccccc2)c(C)c1[C@@H](N)C(F)(F)F. The van der Waals surface area contributed by atoms with Gasteiger partial charge in [0.25, 0.3) is 0 Å². The summed E-state index contributed by atoms with van der Waals surface area (Å²) in [6.45, 7) is 3.13. The van der Waals surface area contributed by atoms with Gasteiger partial charge in [0.1, 0.15) is 6.04 Å². The van der Waals surface area contributed by atoms with Crippen LogP contribution in [0.5, 0.6) is 0 Å². The van der Waals surface area contributed by atoms with Crippen molar-refractivity contribution in [3.8, 4) is 5.69 Å². The first-order valence-corrected chi connectivity index (χ1v) is 5.76. The Morgan fingerprint density at radius 3 is 2.26 bits per heavy atom. The predicted molar refractivity (Wildman–Crippen MR) is 66.0 cm³/mol. The number of nitrogens with two attached hydrogens (primary N) is 1. The Balaban J connectivity index is 2.53. The number of aromatic nitrogens is 2. The Morgan fingerprint density at radius 1 is 1.16 bits per heavy atom. The number of benzene rings is 1. The molecule has 2 aromatic rings. The summed E-state index contributed by atoms with van der Waals surface area (Å²) < 4.78 is 39.7. The van der Waals surface area contributed by atoms with Gasteiger partial charge in [0, 0.05) is 11.3 Å². The number of para-hydroxylation sites is 1. The fourth-order valence-corrected chi connectivity index (χ4v) is 2.09. The summed E-state index contributed by atoms with van der Waals surface area (Å²) in [6.07, 6.45) is -4.47. The smallest absolute Gasteiger partial charge is 0.316 e. The van der Waals surface area contributed by atoms with Crippen molar-refractivity contribution in [2.45, 2.75) is 26.1 Å². The molecule has 0 aliphatic rings. The average molecular weight is 269 g/mol. The van der Waals surface area contributed by atoms with Crippen LogP contribution in [-0.2, 0) is 0 Å². The highest BCUT2D eigenvalue weighted by atomic mass is 19.4. The maximum absolute atomic E-state index is 12.7. The zero-order valence-electron chi connectivity index (χ0n) is 10.6. The maximum Gasteiger partial charge on any atom is 0.407 e. The third kappa shape index (κ3) is 2.49. The van der Waals surface area contributed by atoms with Gasteiger partial charge in [-0.2, -0.15) is 18.3 Å². The van der Waals surface area contributed by atoms with E-state index in [1.165, 1.54) is 11.6 Å². The lowest BCUT2D eigenvalue weighted by atomic mass is 10.1. The number of hydrogen-bond donors (Lipinski definition) is 1. The van der Waals surface area contributed by atoms with Gasteiger partial charge >= 0.3 is 6.18 Å². The Bertz CT molecular complexity index is 573. The lowest BCUT2D eigenvalue weighted by Crippen LogP contribution is -2.29. The number of nitrogens with zero attached hydrogens (tertiary/aromatic N) is 2. The summed E-state index contributed by atoms with van der Waals surface area (Å²) in [6, 6.07) is 6.98. The molecule has 1 heterocycles. The molecule has 2 N–H and O–H groups in total. The van der Waals surface area contributed by atoms with E-state index < -0.39 is 12.2 Å². The van der Waals surface area contributed by atoms with Crippen LogP contribution in [0.2, 0.25) is 0 Å². The molecule has 2 rings (SSSR count). The van der Waals surface area contributed by atoms with Crippen LogP contribution in [0.1, 0.15) is 23.0 Å². The van der Waals surface area contributed by atoms with Gasteiger partial charge in [-0.15, -0.1) is 0 Å². The van der Waals surface area contributed by atoms with E-state index in [1.807, 2.05) is 6.07 Å². The van der Waals surface area contributed by atoms with Crippen molar-refractivity contribution in [2.75, 3.05) is 0 Å². The molecule has 0 saturated heterocycles. The monoisotopic (exact) mass is 269 g/mol. The summed E-state index contributed by atoms with van der Waals surface area (Å²) >= 11 is 0. The molecule has 0 spiro atoms. The van der Waals surface area contributed by atoms with E-state index in [2.05, 4.69) is 5.10 Å². The molecule has 3 nitrogen and oxygen atoms in total. The molecular formula is C13H14F3N3. The lowest BCUT2D eigenvalue weighted by Gasteiger charge is -2.16. The summed E-state index contributed by atoms with van der Waals surface area (Å²) in [4.78, 5) is 0. The molecule has 19 heavy (non-hydrogen) atoms. The van der Waals surface area contributed by atoms with E-state index in [1.54, 1.807) is 31.2 Å². The number of alkyl halides is 3. The molecule has 0 saturated carbocycles. The van der Waals surface area contributed by atoms with E-state index in [4.69, 9.17) is 5.73 Å². The van der Waals surface area contributed by atoms with Gasteiger partial charge in [0.05, 0.1) is 11.4 Å². The minimum absolute atomic E-state index is 0.0383. The normalized spacial score (nSPS) is 13.6. The van der Waals surface area contributed by atoms with Crippen LogP contribution in [0.25, 0.3) is 5.69 Å². The van der Waals surface area contributed by atoms with Gasteiger partial charge < -0.3 is 5.73 Å². The minimum atomic E-state index is -4.47. The van der Waals surface area contributed by atoms with Crippen molar-refractivity contribution in [3.63, 3.8) is 0 Å². The Morgan fingerprint density at radius 2 is 1.74 bits per heavy atom. The number of rotatable bonds is 2. The predicted octanol–water partition coefficient (Wildman–Crippen LogP) is 3.05. The molecule has 0 aliphatic carbocycles. The molecule has 0 radical (unpaired) electrons. The lowest BCUT2D eigenvalue weighted by molar-refractivity contribution is -0.149. The van der Waals surface area contributed by atoms with Gasteiger partial charge in [-0.25, -0.2) is 4.68 Å². The Labute approximate surface area is 108 Å². The third-order valence-electron chi connectivity index (χ3n) is 3.01. The highest BCUT2D eigenvalue weighted by Crippen LogP contribution is 2.34. The van der Waals surface area contributed by atoms with Crippen LogP contribution in [0.4, 0.5) is 13.2 Å². The molecule has 1 aromatic carbocycles.